The zero-order valence-corrected chi connectivity index (χ0v) is 12.4. The number of hydrogen-bond acceptors (Lipinski definition) is 2. The molecule has 0 aromatic heterocycles. The molecule has 2 atom stereocenters. The third kappa shape index (κ3) is 3.53. The first-order valence-corrected chi connectivity index (χ1v) is 7.15. The smallest absolute Gasteiger partial charge is 0.343 e. The third-order valence-electron chi connectivity index (χ3n) is 3.77. The van der Waals surface area contributed by atoms with Crippen molar-refractivity contribution in [3.63, 3.8) is 0 Å². The zero-order chi connectivity index (χ0) is 15.6. The average molecular weight is 314 g/mol. The van der Waals surface area contributed by atoms with E-state index in [1.165, 1.54) is 4.90 Å². The van der Waals surface area contributed by atoms with E-state index in [1.54, 1.807) is 19.1 Å². The lowest BCUT2D eigenvalue weighted by molar-refractivity contribution is -0.150. The number of halogens is 2. The Bertz CT molecular complexity index is 566. The summed E-state index contributed by atoms with van der Waals surface area (Å²) in [5, 5.41) is 9.45. The van der Waals surface area contributed by atoms with Crippen LogP contribution in [0.5, 0.6) is 0 Å². The number of carbonyl (C=O) groups excluding carboxylic acids is 1. The minimum atomic E-state index is -2.31. The number of rotatable bonds is 4. The molecule has 1 aromatic carbocycles. The highest BCUT2D eigenvalue weighted by Gasteiger charge is 2.47. The van der Waals surface area contributed by atoms with Crippen LogP contribution in [-0.2, 0) is 16.0 Å². The molecule has 1 N–H and O–H groups in total. The first kappa shape index (κ1) is 15.8. The van der Waals surface area contributed by atoms with E-state index >= 15 is 0 Å². The minimum Gasteiger partial charge on any atom is -0.479 e. The van der Waals surface area contributed by atoms with E-state index in [-0.39, 0.29) is 31.3 Å². The van der Waals surface area contributed by atoms with Gasteiger partial charge in [0.1, 0.15) is 0 Å². The molecular weight excluding hydrogens is 297 g/mol. The molecule has 0 radical (unpaired) electrons. The van der Waals surface area contributed by atoms with Crippen LogP contribution < -0.4 is 0 Å². The molecule has 114 valence electrons. The number of carboxylic acids is 1. The van der Waals surface area contributed by atoms with Crippen LogP contribution in [0, 0.1) is 5.92 Å². The number of hydrogen-bond donors (Lipinski definition) is 1. The zero-order valence-electron chi connectivity index (χ0n) is 11.7. The van der Waals surface area contributed by atoms with Gasteiger partial charge >= 0.3 is 5.97 Å². The molecule has 1 aliphatic rings. The summed E-state index contributed by atoms with van der Waals surface area (Å²) in [4.78, 5) is 24.4. The van der Waals surface area contributed by atoms with Gasteiger partial charge in [-0.25, -0.2) is 9.18 Å². The Labute approximate surface area is 127 Å². The summed E-state index contributed by atoms with van der Waals surface area (Å²) in [7, 11) is 0. The van der Waals surface area contributed by atoms with E-state index in [9.17, 15) is 14.0 Å². The van der Waals surface area contributed by atoms with Gasteiger partial charge in [-0.2, -0.15) is 0 Å². The summed E-state index contributed by atoms with van der Waals surface area (Å²) < 4.78 is 14.0. The Hall–Kier alpha value is -1.62. The second kappa shape index (κ2) is 6.02. The second-order valence-electron chi connectivity index (χ2n) is 5.52. The topological polar surface area (TPSA) is 57.6 Å². The van der Waals surface area contributed by atoms with E-state index in [0.717, 1.165) is 5.56 Å². The quantitative estimate of drug-likeness (QED) is 0.929. The monoisotopic (exact) mass is 313 g/mol. The van der Waals surface area contributed by atoms with Gasteiger partial charge in [-0.3, -0.25) is 4.79 Å². The normalized spacial score (nSPS) is 23.1. The Morgan fingerprint density at radius 3 is 2.81 bits per heavy atom. The summed E-state index contributed by atoms with van der Waals surface area (Å²) in [6.07, 6.45) is 0.334. The van der Waals surface area contributed by atoms with Gasteiger partial charge in [0.25, 0.3) is 0 Å². The van der Waals surface area contributed by atoms with E-state index < -0.39 is 11.6 Å². The number of carbonyl (C=O) groups is 2. The molecule has 0 aliphatic carbocycles. The lowest BCUT2D eigenvalue weighted by Gasteiger charge is -2.21. The van der Waals surface area contributed by atoms with Gasteiger partial charge in [0, 0.05) is 23.9 Å². The standard InChI is InChI=1S/C15H17ClFNO3/c1-10(7-11-3-2-4-12(16)8-11)13(19)18-6-5-15(17,9-18)14(20)21/h2-4,8,10H,5-7,9H2,1H3,(H,20,21). The number of carboxylic acid groups (broad SMARTS) is 1. The van der Waals surface area contributed by atoms with Crippen LogP contribution in [0.1, 0.15) is 18.9 Å². The molecule has 1 aliphatic heterocycles. The SMILES string of the molecule is CC(Cc1cccc(Cl)c1)C(=O)N1CCC(F)(C(=O)O)C1. The number of amides is 1. The van der Waals surface area contributed by atoms with E-state index in [1.807, 2.05) is 12.1 Å². The van der Waals surface area contributed by atoms with Crippen LogP contribution >= 0.6 is 11.6 Å². The third-order valence-corrected chi connectivity index (χ3v) is 4.00. The van der Waals surface area contributed by atoms with Crippen LogP contribution in [0.2, 0.25) is 5.02 Å². The fourth-order valence-electron chi connectivity index (χ4n) is 2.55. The highest BCUT2D eigenvalue weighted by molar-refractivity contribution is 6.30. The van der Waals surface area contributed by atoms with Crippen molar-refractivity contribution in [1.29, 1.82) is 0 Å². The van der Waals surface area contributed by atoms with Crippen molar-refractivity contribution in [3.05, 3.63) is 34.9 Å². The number of nitrogens with zero attached hydrogens (tertiary/aromatic N) is 1. The Balaban J connectivity index is 1.99. The summed E-state index contributed by atoms with van der Waals surface area (Å²) in [6.45, 7) is 1.52. The maximum absolute atomic E-state index is 14.0. The fraction of sp³-hybridized carbons (Fsp3) is 0.467. The van der Waals surface area contributed by atoms with Crippen LogP contribution in [0.25, 0.3) is 0 Å². The van der Waals surface area contributed by atoms with Gasteiger partial charge in [-0.15, -0.1) is 0 Å². The maximum Gasteiger partial charge on any atom is 0.343 e. The molecule has 0 spiro atoms. The van der Waals surface area contributed by atoms with Gasteiger partial charge in [0.05, 0.1) is 6.54 Å². The number of benzene rings is 1. The molecule has 21 heavy (non-hydrogen) atoms. The van der Waals surface area contributed by atoms with E-state index in [4.69, 9.17) is 16.7 Å². The minimum absolute atomic E-state index is 0.140. The van der Waals surface area contributed by atoms with Crippen LogP contribution in [-0.4, -0.2) is 40.6 Å². The first-order valence-electron chi connectivity index (χ1n) is 6.77. The van der Waals surface area contributed by atoms with Crippen LogP contribution in [0.4, 0.5) is 4.39 Å². The molecule has 1 heterocycles. The van der Waals surface area contributed by atoms with Crippen LogP contribution in [0.15, 0.2) is 24.3 Å². The molecule has 4 nitrogen and oxygen atoms in total. The van der Waals surface area contributed by atoms with E-state index in [0.29, 0.717) is 11.4 Å². The molecule has 0 bridgehead atoms. The first-order chi connectivity index (χ1) is 9.82. The molecule has 1 amide bonds. The van der Waals surface area contributed by atoms with Gasteiger partial charge < -0.3 is 10.0 Å². The van der Waals surface area contributed by atoms with Gasteiger partial charge in [0.2, 0.25) is 11.6 Å². The average Bonchev–Trinajstić information content (AvgIpc) is 2.82. The Morgan fingerprint density at radius 1 is 1.52 bits per heavy atom. The van der Waals surface area contributed by atoms with Crippen molar-refractivity contribution >= 4 is 23.5 Å². The predicted molar refractivity (Wildman–Crippen MR) is 77.0 cm³/mol. The van der Waals surface area contributed by atoms with Crippen LogP contribution in [0.3, 0.4) is 0 Å². The van der Waals surface area contributed by atoms with Crippen molar-refractivity contribution in [3.8, 4) is 0 Å². The highest BCUT2D eigenvalue weighted by Crippen LogP contribution is 2.27. The summed E-state index contributed by atoms with van der Waals surface area (Å²) in [5.74, 6) is -2.07. The molecule has 1 aromatic rings. The number of aliphatic carboxylic acids is 1. The molecule has 2 unspecified atom stereocenters. The van der Waals surface area contributed by atoms with Gasteiger partial charge in [-0.05, 0) is 24.1 Å². The molecule has 1 saturated heterocycles. The lowest BCUT2D eigenvalue weighted by atomic mass is 10.00. The van der Waals surface area contributed by atoms with Crippen molar-refractivity contribution in [1.82, 2.24) is 4.90 Å². The molecule has 2 rings (SSSR count). The van der Waals surface area contributed by atoms with Gasteiger partial charge in [0.15, 0.2) is 0 Å². The second-order valence-corrected chi connectivity index (χ2v) is 5.95. The van der Waals surface area contributed by atoms with Crippen molar-refractivity contribution in [2.45, 2.75) is 25.4 Å². The fourth-order valence-corrected chi connectivity index (χ4v) is 2.76. The summed E-state index contributed by atoms with van der Waals surface area (Å²) in [5.41, 5.74) is -1.39. The van der Waals surface area contributed by atoms with Gasteiger partial charge in [-0.1, -0.05) is 30.7 Å². The lowest BCUT2D eigenvalue weighted by Crippen LogP contribution is -2.40. The van der Waals surface area contributed by atoms with E-state index in [2.05, 4.69) is 0 Å². The summed E-state index contributed by atoms with van der Waals surface area (Å²) >= 11 is 5.90. The Kier molecular flexibility index (Phi) is 4.52. The molecule has 1 fully saturated rings. The molecule has 6 heteroatoms. The predicted octanol–water partition coefficient (Wildman–Crippen LogP) is 2.54. The highest BCUT2D eigenvalue weighted by atomic mass is 35.5. The molecule has 0 saturated carbocycles. The number of likely N-dealkylation sites (tertiary alicyclic amines) is 1. The molecular formula is C15H17ClFNO3. The van der Waals surface area contributed by atoms with Crippen molar-refractivity contribution < 1.29 is 19.1 Å². The summed E-state index contributed by atoms with van der Waals surface area (Å²) in [6, 6.07) is 7.21. The Morgan fingerprint density at radius 2 is 2.24 bits per heavy atom. The van der Waals surface area contributed by atoms with Crippen molar-refractivity contribution in [2.75, 3.05) is 13.1 Å². The number of alkyl halides is 1. The maximum atomic E-state index is 14.0. The largest absolute Gasteiger partial charge is 0.479 e. The van der Waals surface area contributed by atoms with Crippen molar-refractivity contribution in [2.24, 2.45) is 5.92 Å².